The van der Waals surface area contributed by atoms with Crippen LogP contribution < -0.4 is 10.6 Å². The fourth-order valence-corrected chi connectivity index (χ4v) is 1.96. The SMILES string of the molecule is CCc1cc(N)c(N(C)C)c(CO)c1C=O. The van der Waals surface area contributed by atoms with E-state index in [1.54, 1.807) is 6.07 Å². The third-order valence-electron chi connectivity index (χ3n) is 2.66. The van der Waals surface area contributed by atoms with E-state index in [1.165, 1.54) is 0 Å². The van der Waals surface area contributed by atoms with Crippen molar-refractivity contribution in [1.29, 1.82) is 0 Å². The Kier molecular flexibility index (Phi) is 3.90. The molecule has 0 bridgehead atoms. The summed E-state index contributed by atoms with van der Waals surface area (Å²) in [4.78, 5) is 12.9. The van der Waals surface area contributed by atoms with Crippen molar-refractivity contribution < 1.29 is 9.90 Å². The molecule has 4 nitrogen and oxygen atoms in total. The van der Waals surface area contributed by atoms with Gasteiger partial charge in [0, 0.05) is 25.2 Å². The monoisotopic (exact) mass is 222 g/mol. The Morgan fingerprint density at radius 1 is 1.50 bits per heavy atom. The number of rotatable bonds is 4. The summed E-state index contributed by atoms with van der Waals surface area (Å²) in [6.45, 7) is 1.78. The van der Waals surface area contributed by atoms with Crippen LogP contribution in [0.1, 0.15) is 28.4 Å². The van der Waals surface area contributed by atoms with Crippen LogP contribution in [-0.2, 0) is 13.0 Å². The molecular formula is C12H18N2O2. The lowest BCUT2D eigenvalue weighted by Crippen LogP contribution is -2.16. The Hall–Kier alpha value is -1.55. The number of benzene rings is 1. The molecule has 3 N–H and O–H groups in total. The van der Waals surface area contributed by atoms with Crippen molar-refractivity contribution in [1.82, 2.24) is 0 Å². The smallest absolute Gasteiger partial charge is 0.150 e. The molecule has 0 fully saturated rings. The summed E-state index contributed by atoms with van der Waals surface area (Å²) < 4.78 is 0. The second-order valence-electron chi connectivity index (χ2n) is 3.89. The molecule has 1 aromatic rings. The second kappa shape index (κ2) is 4.99. The zero-order valence-corrected chi connectivity index (χ0v) is 9.95. The van der Waals surface area contributed by atoms with Crippen LogP contribution >= 0.6 is 0 Å². The van der Waals surface area contributed by atoms with Gasteiger partial charge in [-0.25, -0.2) is 0 Å². The summed E-state index contributed by atoms with van der Waals surface area (Å²) in [7, 11) is 3.68. The van der Waals surface area contributed by atoms with Crippen LogP contribution in [0.25, 0.3) is 0 Å². The Morgan fingerprint density at radius 2 is 2.12 bits per heavy atom. The van der Waals surface area contributed by atoms with E-state index >= 15 is 0 Å². The van der Waals surface area contributed by atoms with Gasteiger partial charge in [-0.2, -0.15) is 0 Å². The highest BCUT2D eigenvalue weighted by atomic mass is 16.3. The number of aldehydes is 1. The molecule has 0 aliphatic rings. The highest BCUT2D eigenvalue weighted by molar-refractivity contribution is 5.87. The molecule has 0 aliphatic carbocycles. The molecule has 0 atom stereocenters. The number of hydrogen-bond donors (Lipinski definition) is 2. The van der Waals surface area contributed by atoms with Crippen LogP contribution in [0.4, 0.5) is 11.4 Å². The molecule has 1 rings (SSSR count). The van der Waals surface area contributed by atoms with Crippen molar-refractivity contribution in [3.05, 3.63) is 22.8 Å². The van der Waals surface area contributed by atoms with Gasteiger partial charge >= 0.3 is 0 Å². The molecule has 0 spiro atoms. The van der Waals surface area contributed by atoms with Crippen molar-refractivity contribution >= 4 is 17.7 Å². The lowest BCUT2D eigenvalue weighted by atomic mass is 9.97. The average molecular weight is 222 g/mol. The molecule has 4 heteroatoms. The van der Waals surface area contributed by atoms with Crippen LogP contribution in [0, 0.1) is 0 Å². The molecule has 88 valence electrons. The molecule has 0 aliphatic heterocycles. The first kappa shape index (κ1) is 12.5. The summed E-state index contributed by atoms with van der Waals surface area (Å²) in [6, 6.07) is 1.80. The Labute approximate surface area is 95.7 Å². The lowest BCUT2D eigenvalue weighted by Gasteiger charge is -2.22. The normalized spacial score (nSPS) is 10.2. The Morgan fingerprint density at radius 3 is 2.50 bits per heavy atom. The number of nitrogens with zero attached hydrogens (tertiary/aromatic N) is 1. The zero-order chi connectivity index (χ0) is 12.3. The fourth-order valence-electron chi connectivity index (χ4n) is 1.96. The van der Waals surface area contributed by atoms with Gasteiger partial charge in [0.15, 0.2) is 6.29 Å². The van der Waals surface area contributed by atoms with Crippen molar-refractivity contribution in [3.8, 4) is 0 Å². The van der Waals surface area contributed by atoms with Crippen molar-refractivity contribution in [2.45, 2.75) is 20.0 Å². The van der Waals surface area contributed by atoms with Crippen molar-refractivity contribution in [3.63, 3.8) is 0 Å². The number of carbonyl (C=O) groups is 1. The van der Waals surface area contributed by atoms with E-state index in [-0.39, 0.29) is 6.61 Å². The van der Waals surface area contributed by atoms with Crippen LogP contribution in [0.5, 0.6) is 0 Å². The second-order valence-corrected chi connectivity index (χ2v) is 3.89. The maximum Gasteiger partial charge on any atom is 0.150 e. The van der Waals surface area contributed by atoms with Gasteiger partial charge < -0.3 is 15.7 Å². The van der Waals surface area contributed by atoms with Gasteiger partial charge in [0.2, 0.25) is 0 Å². The average Bonchev–Trinajstić information content (AvgIpc) is 2.26. The minimum Gasteiger partial charge on any atom is -0.397 e. The topological polar surface area (TPSA) is 66.6 Å². The van der Waals surface area contributed by atoms with E-state index in [0.29, 0.717) is 16.8 Å². The number of aliphatic hydroxyl groups excluding tert-OH is 1. The molecular weight excluding hydrogens is 204 g/mol. The van der Waals surface area contributed by atoms with E-state index < -0.39 is 0 Å². The Bertz CT molecular complexity index is 400. The largest absolute Gasteiger partial charge is 0.397 e. The van der Waals surface area contributed by atoms with Gasteiger partial charge in [-0.05, 0) is 18.1 Å². The van der Waals surface area contributed by atoms with E-state index in [0.717, 1.165) is 24.0 Å². The molecule has 0 saturated heterocycles. The quantitative estimate of drug-likeness (QED) is 0.593. The molecule has 1 aromatic carbocycles. The fraction of sp³-hybridized carbons (Fsp3) is 0.417. The molecule has 0 unspecified atom stereocenters. The van der Waals surface area contributed by atoms with Crippen molar-refractivity contribution in [2.24, 2.45) is 0 Å². The maximum absolute atomic E-state index is 11.1. The predicted molar refractivity (Wildman–Crippen MR) is 65.9 cm³/mol. The summed E-state index contributed by atoms with van der Waals surface area (Å²) in [6.07, 6.45) is 1.51. The summed E-state index contributed by atoms with van der Waals surface area (Å²) in [5.74, 6) is 0. The van der Waals surface area contributed by atoms with Gasteiger partial charge in [-0.1, -0.05) is 6.92 Å². The van der Waals surface area contributed by atoms with Gasteiger partial charge in [0.1, 0.15) is 0 Å². The maximum atomic E-state index is 11.1. The highest BCUT2D eigenvalue weighted by Gasteiger charge is 2.16. The molecule has 0 aromatic heterocycles. The number of nitrogen functional groups attached to an aromatic ring is 1. The van der Waals surface area contributed by atoms with Crippen LogP contribution in [0.2, 0.25) is 0 Å². The van der Waals surface area contributed by atoms with Gasteiger partial charge in [0.25, 0.3) is 0 Å². The highest BCUT2D eigenvalue weighted by Crippen LogP contribution is 2.31. The minimum atomic E-state index is -0.181. The number of anilines is 2. The van der Waals surface area contributed by atoms with E-state index in [1.807, 2.05) is 25.9 Å². The minimum absolute atomic E-state index is 0.181. The third kappa shape index (κ3) is 2.02. The summed E-state index contributed by atoms with van der Waals surface area (Å²) in [5, 5.41) is 9.38. The molecule has 16 heavy (non-hydrogen) atoms. The van der Waals surface area contributed by atoms with Crippen molar-refractivity contribution in [2.75, 3.05) is 24.7 Å². The number of carbonyl (C=O) groups excluding carboxylic acids is 1. The summed E-state index contributed by atoms with van der Waals surface area (Å²) >= 11 is 0. The van der Waals surface area contributed by atoms with Gasteiger partial charge in [-0.3, -0.25) is 4.79 Å². The number of hydrogen-bond acceptors (Lipinski definition) is 4. The first-order chi connectivity index (χ1) is 7.56. The standard InChI is InChI=1S/C12H18N2O2/c1-4-8-5-11(13)12(14(2)3)10(7-16)9(8)6-15/h5-6,16H,4,7,13H2,1-3H3. The van der Waals surface area contributed by atoms with Gasteiger partial charge in [0.05, 0.1) is 18.0 Å². The van der Waals surface area contributed by atoms with Crippen LogP contribution in [0.15, 0.2) is 6.07 Å². The lowest BCUT2D eigenvalue weighted by molar-refractivity contribution is 0.111. The number of aliphatic hydroxyl groups is 1. The molecule has 0 amide bonds. The molecule has 0 saturated carbocycles. The van der Waals surface area contributed by atoms with E-state index in [4.69, 9.17) is 5.73 Å². The van der Waals surface area contributed by atoms with Crippen LogP contribution in [-0.4, -0.2) is 25.5 Å². The van der Waals surface area contributed by atoms with E-state index in [2.05, 4.69) is 0 Å². The van der Waals surface area contributed by atoms with Crippen LogP contribution in [0.3, 0.4) is 0 Å². The Balaban J connectivity index is 3.57. The zero-order valence-electron chi connectivity index (χ0n) is 9.95. The molecule has 0 heterocycles. The predicted octanol–water partition coefficient (Wildman–Crippen LogP) is 1.20. The summed E-state index contributed by atoms with van der Waals surface area (Å²) in [5.41, 5.74) is 9.29. The molecule has 0 radical (unpaired) electrons. The number of aryl methyl sites for hydroxylation is 1. The first-order valence-electron chi connectivity index (χ1n) is 5.24. The van der Waals surface area contributed by atoms with E-state index in [9.17, 15) is 9.90 Å². The van der Waals surface area contributed by atoms with Gasteiger partial charge in [-0.15, -0.1) is 0 Å². The number of nitrogens with two attached hydrogens (primary N) is 1. The third-order valence-corrected chi connectivity index (χ3v) is 2.66. The first-order valence-corrected chi connectivity index (χ1v) is 5.24.